The molecule has 3 aromatic rings. The number of rotatable bonds is 26. The lowest BCUT2D eigenvalue weighted by atomic mass is 10.1. The lowest BCUT2D eigenvalue weighted by Gasteiger charge is -2.09. The minimum atomic E-state index is 0.676. The van der Waals surface area contributed by atoms with Gasteiger partial charge in [0.2, 0.25) is 0 Å². The first kappa shape index (κ1) is 35.8. The van der Waals surface area contributed by atoms with Crippen LogP contribution in [0.3, 0.4) is 0 Å². The molecule has 0 unspecified atom stereocenters. The fraction of sp³-hybridized carbons (Fsp3) is 0.500. The van der Waals surface area contributed by atoms with E-state index in [9.17, 15) is 0 Å². The number of unbranched alkanes of at least 4 members (excludes halogenated alkanes) is 2. The SMILES string of the molecule is NCCNCc1ccc(CNCCCCNCc2ccc(CNCCCCNCc3ccc(CNCCN)cc3)cc2)cc1. The molecule has 10 N–H and O–H groups in total. The lowest BCUT2D eigenvalue weighted by molar-refractivity contribution is 0.580. The summed E-state index contributed by atoms with van der Waals surface area (Å²) in [5.41, 5.74) is 19.0. The Morgan fingerprint density at radius 1 is 0.295 bits per heavy atom. The van der Waals surface area contributed by atoms with Crippen LogP contribution in [-0.2, 0) is 39.3 Å². The molecule has 0 amide bonds. The molecule has 3 aromatic carbocycles. The fourth-order valence-electron chi connectivity index (χ4n) is 4.93. The van der Waals surface area contributed by atoms with E-state index in [1.807, 2.05) is 0 Å². The van der Waals surface area contributed by atoms with Crippen molar-refractivity contribution in [2.24, 2.45) is 11.5 Å². The molecule has 0 aliphatic rings. The van der Waals surface area contributed by atoms with E-state index in [0.717, 1.165) is 78.5 Å². The molecule has 0 atom stereocenters. The van der Waals surface area contributed by atoms with Crippen LogP contribution in [-0.4, -0.2) is 52.4 Å². The molecule has 44 heavy (non-hydrogen) atoms. The summed E-state index contributed by atoms with van der Waals surface area (Å²) in [5, 5.41) is 21.0. The number of nitrogens with two attached hydrogens (primary N) is 2. The molecule has 0 heterocycles. The van der Waals surface area contributed by atoms with Gasteiger partial charge >= 0.3 is 0 Å². The number of nitrogens with one attached hydrogen (secondary N) is 6. The summed E-state index contributed by atoms with van der Waals surface area (Å²) in [6.07, 6.45) is 4.71. The van der Waals surface area contributed by atoms with E-state index in [4.69, 9.17) is 11.5 Å². The molecule has 0 aromatic heterocycles. The van der Waals surface area contributed by atoms with E-state index in [-0.39, 0.29) is 0 Å². The third kappa shape index (κ3) is 16.4. The lowest BCUT2D eigenvalue weighted by Crippen LogP contribution is -2.21. The van der Waals surface area contributed by atoms with Crippen LogP contribution in [0.25, 0.3) is 0 Å². The fourth-order valence-corrected chi connectivity index (χ4v) is 4.93. The normalized spacial score (nSPS) is 11.3. The van der Waals surface area contributed by atoms with Gasteiger partial charge in [-0.25, -0.2) is 0 Å². The van der Waals surface area contributed by atoms with Crippen LogP contribution in [0.5, 0.6) is 0 Å². The van der Waals surface area contributed by atoms with Crippen LogP contribution in [0.1, 0.15) is 59.1 Å². The zero-order valence-electron chi connectivity index (χ0n) is 26.8. The number of benzene rings is 3. The van der Waals surface area contributed by atoms with Gasteiger partial charge in [-0.3, -0.25) is 0 Å². The minimum Gasteiger partial charge on any atom is -0.329 e. The zero-order chi connectivity index (χ0) is 30.9. The molecular formula is C36H58N8. The van der Waals surface area contributed by atoms with Gasteiger partial charge in [-0.05, 0) is 85.2 Å². The van der Waals surface area contributed by atoms with E-state index in [1.165, 1.54) is 59.1 Å². The highest BCUT2D eigenvalue weighted by molar-refractivity contribution is 5.24. The van der Waals surface area contributed by atoms with Gasteiger partial charge in [-0.15, -0.1) is 0 Å². The Bertz CT molecular complexity index is 998. The summed E-state index contributed by atoms with van der Waals surface area (Å²) in [7, 11) is 0. The number of hydrogen-bond donors (Lipinski definition) is 8. The first-order valence-corrected chi connectivity index (χ1v) is 16.6. The van der Waals surface area contributed by atoms with E-state index in [1.54, 1.807) is 0 Å². The predicted octanol–water partition coefficient (Wildman–Crippen LogP) is 3.10. The van der Waals surface area contributed by atoms with Crippen molar-refractivity contribution in [2.45, 2.75) is 65.0 Å². The van der Waals surface area contributed by atoms with Crippen LogP contribution < -0.4 is 43.4 Å². The molecule has 8 nitrogen and oxygen atoms in total. The molecule has 0 spiro atoms. The van der Waals surface area contributed by atoms with Gasteiger partial charge in [0.15, 0.2) is 0 Å². The maximum atomic E-state index is 5.52. The summed E-state index contributed by atoms with van der Waals surface area (Å²) in [5.74, 6) is 0. The second-order valence-corrected chi connectivity index (χ2v) is 11.5. The predicted molar refractivity (Wildman–Crippen MR) is 186 cm³/mol. The van der Waals surface area contributed by atoms with Crippen LogP contribution in [0.15, 0.2) is 72.8 Å². The topological polar surface area (TPSA) is 124 Å². The second kappa shape index (κ2) is 23.7. The molecule has 8 heteroatoms. The van der Waals surface area contributed by atoms with Crippen molar-refractivity contribution in [3.05, 3.63) is 106 Å². The van der Waals surface area contributed by atoms with Crippen molar-refractivity contribution in [1.29, 1.82) is 0 Å². The first-order chi connectivity index (χ1) is 21.8. The molecule has 242 valence electrons. The Balaban J connectivity index is 1.11. The Morgan fingerprint density at radius 2 is 0.477 bits per heavy atom. The van der Waals surface area contributed by atoms with Crippen molar-refractivity contribution in [2.75, 3.05) is 52.4 Å². The molecule has 0 aliphatic carbocycles. The summed E-state index contributed by atoms with van der Waals surface area (Å²) < 4.78 is 0. The van der Waals surface area contributed by atoms with Crippen LogP contribution >= 0.6 is 0 Å². The average molecular weight is 603 g/mol. The summed E-state index contributed by atoms with van der Waals surface area (Å²) in [6, 6.07) is 26.6. The van der Waals surface area contributed by atoms with Crippen LogP contribution in [0.2, 0.25) is 0 Å². The van der Waals surface area contributed by atoms with Crippen molar-refractivity contribution in [1.82, 2.24) is 31.9 Å². The first-order valence-electron chi connectivity index (χ1n) is 16.6. The molecule has 0 aliphatic heterocycles. The van der Waals surface area contributed by atoms with E-state index < -0.39 is 0 Å². The average Bonchev–Trinajstić information content (AvgIpc) is 3.06. The molecule has 3 rings (SSSR count). The Labute approximate surface area is 266 Å². The molecule has 0 radical (unpaired) electrons. The second-order valence-electron chi connectivity index (χ2n) is 11.5. The van der Waals surface area contributed by atoms with E-state index in [0.29, 0.717) is 13.1 Å². The van der Waals surface area contributed by atoms with Crippen molar-refractivity contribution >= 4 is 0 Å². The zero-order valence-corrected chi connectivity index (χ0v) is 26.8. The standard InChI is InChI=1S/C36H58N8/c37-17-23-43-29-35-13-9-33(10-14-35)27-41-21-3-1-19-39-25-31-5-7-32(8-6-31)26-40-20-2-4-22-42-28-34-11-15-36(16-12-34)30-44-24-18-38/h5-16,39-44H,1-4,17-30,37-38H2. The maximum Gasteiger partial charge on any atom is 0.0206 e. The Kier molecular flexibility index (Phi) is 19.3. The van der Waals surface area contributed by atoms with Gasteiger partial charge in [0.1, 0.15) is 0 Å². The third-order valence-corrected chi connectivity index (χ3v) is 7.60. The third-order valence-electron chi connectivity index (χ3n) is 7.60. The van der Waals surface area contributed by atoms with Crippen LogP contribution in [0.4, 0.5) is 0 Å². The van der Waals surface area contributed by atoms with Crippen molar-refractivity contribution in [3.63, 3.8) is 0 Å². The molecule has 0 bridgehead atoms. The Hall–Kier alpha value is -2.66. The summed E-state index contributed by atoms with van der Waals surface area (Å²) in [6.45, 7) is 12.7. The largest absolute Gasteiger partial charge is 0.329 e. The van der Waals surface area contributed by atoms with Gasteiger partial charge < -0.3 is 43.4 Å². The van der Waals surface area contributed by atoms with Gasteiger partial charge in [0.05, 0.1) is 0 Å². The maximum absolute atomic E-state index is 5.52. The van der Waals surface area contributed by atoms with E-state index >= 15 is 0 Å². The summed E-state index contributed by atoms with van der Waals surface area (Å²) in [4.78, 5) is 0. The highest BCUT2D eigenvalue weighted by Crippen LogP contribution is 2.07. The highest BCUT2D eigenvalue weighted by atomic mass is 14.9. The monoisotopic (exact) mass is 602 g/mol. The smallest absolute Gasteiger partial charge is 0.0206 e. The van der Waals surface area contributed by atoms with E-state index in [2.05, 4.69) is 105 Å². The van der Waals surface area contributed by atoms with Gasteiger partial charge in [0.25, 0.3) is 0 Å². The quantitative estimate of drug-likeness (QED) is 0.0660. The Morgan fingerprint density at radius 3 is 0.659 bits per heavy atom. The van der Waals surface area contributed by atoms with Gasteiger partial charge in [0, 0.05) is 65.4 Å². The summed E-state index contributed by atoms with van der Waals surface area (Å²) >= 11 is 0. The van der Waals surface area contributed by atoms with Gasteiger partial charge in [-0.1, -0.05) is 72.8 Å². The highest BCUT2D eigenvalue weighted by Gasteiger charge is 1.99. The minimum absolute atomic E-state index is 0.676. The molecule has 0 saturated carbocycles. The van der Waals surface area contributed by atoms with Gasteiger partial charge in [-0.2, -0.15) is 0 Å². The number of hydrogen-bond acceptors (Lipinski definition) is 8. The molecular weight excluding hydrogens is 544 g/mol. The van der Waals surface area contributed by atoms with Crippen molar-refractivity contribution in [3.8, 4) is 0 Å². The molecule has 0 fully saturated rings. The molecule has 0 saturated heterocycles. The van der Waals surface area contributed by atoms with Crippen LogP contribution in [0, 0.1) is 0 Å². The van der Waals surface area contributed by atoms with Crippen molar-refractivity contribution < 1.29 is 0 Å².